The fourth-order valence-electron chi connectivity index (χ4n) is 1.76. The number of carbonyl (C=O) groups is 2. The van der Waals surface area contributed by atoms with Crippen molar-refractivity contribution in [2.24, 2.45) is 0 Å². The van der Waals surface area contributed by atoms with E-state index in [0.29, 0.717) is 16.5 Å². The predicted octanol–water partition coefficient (Wildman–Crippen LogP) is 1.09. The van der Waals surface area contributed by atoms with Crippen LogP contribution in [0.5, 0.6) is 0 Å². The second-order valence-electron chi connectivity index (χ2n) is 4.86. The van der Waals surface area contributed by atoms with Crippen molar-refractivity contribution in [1.82, 2.24) is 5.32 Å². The van der Waals surface area contributed by atoms with Crippen molar-refractivity contribution < 1.29 is 18.9 Å². The van der Waals surface area contributed by atoms with E-state index in [4.69, 9.17) is 5.11 Å². The maximum atomic E-state index is 12.0. The minimum atomic E-state index is -1.23. The third-order valence-electron chi connectivity index (χ3n) is 3.00. The number of aliphatic carboxylic acids is 1. The molecule has 5 nitrogen and oxygen atoms in total. The summed E-state index contributed by atoms with van der Waals surface area (Å²) in [6, 6.07) is 6.96. The van der Waals surface area contributed by atoms with E-state index in [1.165, 1.54) is 0 Å². The maximum Gasteiger partial charge on any atom is 0.307 e. The SMILES string of the molecule is O=C(O)Cc1ccc(S(=O)CCC(=O)NC2CC2)cc1. The first kappa shape index (κ1) is 14.7. The molecule has 20 heavy (non-hydrogen) atoms. The molecule has 1 atom stereocenters. The van der Waals surface area contributed by atoms with E-state index in [2.05, 4.69) is 5.32 Å². The van der Waals surface area contributed by atoms with Gasteiger partial charge in [-0.05, 0) is 30.5 Å². The van der Waals surface area contributed by atoms with E-state index in [1.807, 2.05) is 0 Å². The van der Waals surface area contributed by atoms with Crippen LogP contribution >= 0.6 is 0 Å². The first-order valence-corrected chi connectivity index (χ1v) is 7.85. The largest absolute Gasteiger partial charge is 0.481 e. The summed E-state index contributed by atoms with van der Waals surface area (Å²) in [7, 11) is -1.23. The molecule has 1 fully saturated rings. The number of benzene rings is 1. The van der Waals surface area contributed by atoms with Gasteiger partial charge >= 0.3 is 5.97 Å². The molecular weight excluding hydrogens is 278 g/mol. The molecule has 1 aliphatic carbocycles. The lowest BCUT2D eigenvalue weighted by Gasteiger charge is -2.04. The molecule has 108 valence electrons. The van der Waals surface area contributed by atoms with Gasteiger partial charge in [0, 0.05) is 23.1 Å². The summed E-state index contributed by atoms with van der Waals surface area (Å²) < 4.78 is 12.0. The van der Waals surface area contributed by atoms with Gasteiger partial charge in [-0.2, -0.15) is 0 Å². The molecule has 0 radical (unpaired) electrons. The van der Waals surface area contributed by atoms with Gasteiger partial charge in [0.2, 0.25) is 5.91 Å². The molecule has 0 saturated heterocycles. The summed E-state index contributed by atoms with van der Waals surface area (Å²) in [6.45, 7) is 0. The van der Waals surface area contributed by atoms with Crippen LogP contribution in [0.15, 0.2) is 29.2 Å². The lowest BCUT2D eigenvalue weighted by atomic mass is 10.2. The highest BCUT2D eigenvalue weighted by Crippen LogP contribution is 2.18. The lowest BCUT2D eigenvalue weighted by Crippen LogP contribution is -2.26. The average Bonchev–Trinajstić information content (AvgIpc) is 3.20. The highest BCUT2D eigenvalue weighted by molar-refractivity contribution is 7.85. The van der Waals surface area contributed by atoms with Gasteiger partial charge in [0.25, 0.3) is 0 Å². The molecule has 0 heterocycles. The molecule has 1 amide bonds. The number of nitrogens with one attached hydrogen (secondary N) is 1. The van der Waals surface area contributed by atoms with E-state index in [-0.39, 0.29) is 24.5 Å². The Labute approximate surface area is 119 Å². The van der Waals surface area contributed by atoms with Crippen LogP contribution in [0.3, 0.4) is 0 Å². The molecular formula is C14H17NO4S. The lowest BCUT2D eigenvalue weighted by molar-refractivity contribution is -0.136. The monoisotopic (exact) mass is 295 g/mol. The Bertz CT molecular complexity index is 522. The van der Waals surface area contributed by atoms with Crippen LogP contribution in [0.25, 0.3) is 0 Å². The standard InChI is InChI=1S/C14H17NO4S/c16-13(15-11-3-4-11)7-8-20(19)12-5-1-10(2-6-12)9-14(17)18/h1-2,5-6,11H,3-4,7-9H2,(H,15,16)(H,17,18). The molecule has 1 saturated carbocycles. The second-order valence-corrected chi connectivity index (χ2v) is 6.43. The van der Waals surface area contributed by atoms with E-state index >= 15 is 0 Å². The van der Waals surface area contributed by atoms with Crippen LogP contribution in [-0.2, 0) is 26.8 Å². The minimum Gasteiger partial charge on any atom is -0.481 e. The van der Waals surface area contributed by atoms with E-state index in [9.17, 15) is 13.8 Å². The summed E-state index contributed by atoms with van der Waals surface area (Å²) in [5.41, 5.74) is 0.671. The van der Waals surface area contributed by atoms with E-state index in [1.54, 1.807) is 24.3 Å². The number of carboxylic acid groups (broad SMARTS) is 1. The maximum absolute atomic E-state index is 12.0. The molecule has 1 aromatic rings. The Kier molecular flexibility index (Phi) is 4.89. The Hall–Kier alpha value is -1.69. The summed E-state index contributed by atoms with van der Waals surface area (Å²) in [5, 5.41) is 11.5. The molecule has 2 N–H and O–H groups in total. The van der Waals surface area contributed by atoms with Crippen LogP contribution in [0.1, 0.15) is 24.8 Å². The minimum absolute atomic E-state index is 0.0449. The molecule has 0 aliphatic heterocycles. The first-order valence-electron chi connectivity index (χ1n) is 6.53. The zero-order valence-electron chi connectivity index (χ0n) is 11.0. The summed E-state index contributed by atoms with van der Waals surface area (Å²) >= 11 is 0. The van der Waals surface area contributed by atoms with Gasteiger partial charge in [0.15, 0.2) is 0 Å². The molecule has 0 bridgehead atoms. The van der Waals surface area contributed by atoms with Crippen molar-refractivity contribution >= 4 is 22.7 Å². The van der Waals surface area contributed by atoms with E-state index < -0.39 is 16.8 Å². The molecule has 1 unspecified atom stereocenters. The molecule has 0 aromatic heterocycles. The smallest absolute Gasteiger partial charge is 0.307 e. The molecule has 1 aliphatic rings. The van der Waals surface area contributed by atoms with Gasteiger partial charge in [0.05, 0.1) is 17.2 Å². The summed E-state index contributed by atoms with van der Waals surface area (Å²) in [4.78, 5) is 22.7. The number of hydrogen-bond acceptors (Lipinski definition) is 3. The van der Waals surface area contributed by atoms with Crippen LogP contribution in [0, 0.1) is 0 Å². The number of rotatable bonds is 7. The van der Waals surface area contributed by atoms with Gasteiger partial charge in [-0.25, -0.2) is 0 Å². The number of carboxylic acids is 1. The fraction of sp³-hybridized carbons (Fsp3) is 0.429. The van der Waals surface area contributed by atoms with Crippen molar-refractivity contribution in [2.45, 2.75) is 36.6 Å². The Morgan fingerprint density at radius 1 is 1.25 bits per heavy atom. The second kappa shape index (κ2) is 6.65. The molecule has 2 rings (SSSR count). The van der Waals surface area contributed by atoms with Gasteiger partial charge in [-0.15, -0.1) is 0 Å². The van der Waals surface area contributed by atoms with Gasteiger partial charge < -0.3 is 10.4 Å². The normalized spacial score (nSPS) is 15.6. The fourth-order valence-corrected chi connectivity index (χ4v) is 2.81. The van der Waals surface area contributed by atoms with E-state index in [0.717, 1.165) is 12.8 Å². The topological polar surface area (TPSA) is 83.5 Å². The van der Waals surface area contributed by atoms with Gasteiger partial charge in [-0.1, -0.05) is 12.1 Å². The average molecular weight is 295 g/mol. The van der Waals surface area contributed by atoms with Crippen molar-refractivity contribution in [1.29, 1.82) is 0 Å². The zero-order valence-corrected chi connectivity index (χ0v) is 11.8. The predicted molar refractivity (Wildman–Crippen MR) is 74.8 cm³/mol. The third-order valence-corrected chi connectivity index (χ3v) is 4.37. The Morgan fingerprint density at radius 2 is 1.90 bits per heavy atom. The zero-order chi connectivity index (χ0) is 14.5. The number of carbonyl (C=O) groups excluding carboxylic acids is 1. The molecule has 6 heteroatoms. The van der Waals surface area contributed by atoms with Crippen LogP contribution in [-0.4, -0.2) is 33.0 Å². The van der Waals surface area contributed by atoms with Crippen molar-refractivity contribution in [3.8, 4) is 0 Å². The number of amides is 1. The summed E-state index contributed by atoms with van der Waals surface area (Å²) in [5.74, 6) is -0.657. The highest BCUT2D eigenvalue weighted by atomic mass is 32.2. The Balaban J connectivity index is 1.81. The first-order chi connectivity index (χ1) is 9.54. The molecule has 0 spiro atoms. The van der Waals surface area contributed by atoms with Crippen molar-refractivity contribution in [3.05, 3.63) is 29.8 Å². The van der Waals surface area contributed by atoms with Gasteiger partial charge in [-0.3, -0.25) is 13.8 Å². The third kappa shape index (κ3) is 4.77. The quantitative estimate of drug-likeness (QED) is 0.788. The van der Waals surface area contributed by atoms with Crippen LogP contribution in [0.2, 0.25) is 0 Å². The van der Waals surface area contributed by atoms with Crippen LogP contribution < -0.4 is 5.32 Å². The summed E-state index contributed by atoms with van der Waals surface area (Å²) in [6.07, 6.45) is 2.29. The molecule has 1 aromatic carbocycles. The van der Waals surface area contributed by atoms with Crippen LogP contribution in [0.4, 0.5) is 0 Å². The highest BCUT2D eigenvalue weighted by Gasteiger charge is 2.23. The van der Waals surface area contributed by atoms with Gasteiger partial charge in [0.1, 0.15) is 0 Å². The van der Waals surface area contributed by atoms with Crippen molar-refractivity contribution in [3.63, 3.8) is 0 Å². The Morgan fingerprint density at radius 3 is 2.45 bits per heavy atom. The van der Waals surface area contributed by atoms with Crippen molar-refractivity contribution in [2.75, 3.05) is 5.75 Å². The number of hydrogen-bond donors (Lipinski definition) is 2.